The first-order valence-corrected chi connectivity index (χ1v) is 6.71. The Morgan fingerprint density at radius 2 is 2.17 bits per heavy atom. The first-order chi connectivity index (χ1) is 10.8. The Morgan fingerprint density at radius 3 is 2.70 bits per heavy atom. The lowest BCUT2D eigenvalue weighted by Crippen LogP contribution is -2.36. The number of hydrogen-bond donors (Lipinski definition) is 4. The highest BCUT2D eigenvalue weighted by molar-refractivity contribution is 5.67. The van der Waals surface area contributed by atoms with Crippen molar-refractivity contribution in [3.63, 3.8) is 0 Å². The van der Waals surface area contributed by atoms with E-state index < -0.39 is 42.9 Å². The monoisotopic (exact) mass is 330 g/mol. The van der Waals surface area contributed by atoms with Crippen molar-refractivity contribution in [3.8, 4) is 0 Å². The Hall–Kier alpha value is -2.21. The number of carbonyl (C=O) groups is 1. The fourth-order valence-electron chi connectivity index (χ4n) is 1.96. The summed E-state index contributed by atoms with van der Waals surface area (Å²) in [4.78, 5) is 32.7. The van der Waals surface area contributed by atoms with Crippen LogP contribution in [0, 0.1) is 0 Å². The lowest BCUT2D eigenvalue weighted by Gasteiger charge is -2.17. The average Bonchev–Trinajstić information content (AvgIpc) is 2.80. The number of aromatic nitrogens is 2. The summed E-state index contributed by atoms with van der Waals surface area (Å²) in [6.07, 6.45) is -4.32. The zero-order valence-electron chi connectivity index (χ0n) is 12.5. The van der Waals surface area contributed by atoms with Gasteiger partial charge in [-0.25, -0.2) is 9.59 Å². The molecular weight excluding hydrogens is 312 g/mol. The van der Waals surface area contributed by atoms with E-state index in [0.29, 0.717) is 0 Å². The zero-order chi connectivity index (χ0) is 17.1. The van der Waals surface area contributed by atoms with Gasteiger partial charge in [0.1, 0.15) is 18.3 Å². The van der Waals surface area contributed by atoms with Gasteiger partial charge in [0.2, 0.25) is 0 Å². The number of hydrogen-bond acceptors (Lipinski definition) is 9. The van der Waals surface area contributed by atoms with Crippen LogP contribution in [0.5, 0.6) is 0 Å². The average molecular weight is 330 g/mol. The lowest BCUT2D eigenvalue weighted by atomic mass is 10.1. The van der Waals surface area contributed by atoms with Crippen LogP contribution in [-0.2, 0) is 9.57 Å². The van der Waals surface area contributed by atoms with Gasteiger partial charge in [-0.3, -0.25) is 4.57 Å². The van der Waals surface area contributed by atoms with E-state index in [-0.39, 0.29) is 5.82 Å². The predicted octanol–water partition coefficient (Wildman–Crippen LogP) is -2.12. The Labute approximate surface area is 130 Å². The van der Waals surface area contributed by atoms with Crippen LogP contribution in [0.2, 0.25) is 0 Å². The summed E-state index contributed by atoms with van der Waals surface area (Å²) < 4.78 is 6.19. The van der Waals surface area contributed by atoms with Gasteiger partial charge in [0.15, 0.2) is 12.0 Å². The summed E-state index contributed by atoms with van der Waals surface area (Å²) in [6.45, 7) is -0.503. The van der Waals surface area contributed by atoms with Crippen molar-refractivity contribution < 1.29 is 29.7 Å². The maximum absolute atomic E-state index is 12.0. The highest BCUT2D eigenvalue weighted by Gasteiger charge is 2.43. The molecule has 1 saturated heterocycles. The summed E-state index contributed by atoms with van der Waals surface area (Å²) in [5, 5.41) is 28.6. The maximum Gasteiger partial charge on any atom is 0.433 e. The van der Waals surface area contributed by atoms with Gasteiger partial charge in [-0.05, 0) is 0 Å². The van der Waals surface area contributed by atoms with Crippen molar-refractivity contribution in [2.45, 2.75) is 24.5 Å². The van der Waals surface area contributed by atoms with Crippen molar-refractivity contribution in [1.29, 1.82) is 0 Å². The zero-order valence-corrected chi connectivity index (χ0v) is 12.5. The number of nitrogens with one attached hydrogen (secondary N) is 1. The fourth-order valence-corrected chi connectivity index (χ4v) is 1.96. The molecule has 0 aliphatic carbocycles. The van der Waals surface area contributed by atoms with Crippen molar-refractivity contribution in [2.24, 2.45) is 0 Å². The van der Waals surface area contributed by atoms with Crippen LogP contribution in [-0.4, -0.2) is 74.9 Å². The number of amides is 1. The van der Waals surface area contributed by atoms with Crippen LogP contribution in [0.1, 0.15) is 6.23 Å². The molecule has 0 spiro atoms. The molecule has 128 valence electrons. The largest absolute Gasteiger partial charge is 0.433 e. The summed E-state index contributed by atoms with van der Waals surface area (Å²) in [5.41, 5.74) is 1.42. The molecule has 2 heterocycles. The molecule has 23 heavy (non-hydrogen) atoms. The van der Waals surface area contributed by atoms with Crippen LogP contribution in [0.3, 0.4) is 0 Å². The molecule has 1 aliphatic heterocycles. The van der Waals surface area contributed by atoms with Gasteiger partial charge < -0.3 is 29.8 Å². The van der Waals surface area contributed by atoms with Gasteiger partial charge in [0.05, 0.1) is 6.61 Å². The topological polar surface area (TPSA) is 146 Å². The van der Waals surface area contributed by atoms with E-state index >= 15 is 0 Å². The molecule has 0 radical (unpaired) electrons. The van der Waals surface area contributed by atoms with E-state index in [2.05, 4.69) is 15.3 Å². The quantitative estimate of drug-likeness (QED) is 0.455. The van der Waals surface area contributed by atoms with E-state index in [1.807, 2.05) is 0 Å². The molecule has 1 aliphatic rings. The van der Waals surface area contributed by atoms with Crippen LogP contribution >= 0.6 is 0 Å². The SMILES string of the molecule is CN(C)C(=O)ONc1ccn([C@@H]2O[C@H](CO)[C@H](O)[C@@H]2O)c(=O)n1. The number of rotatable bonds is 4. The molecule has 0 aromatic carbocycles. The minimum atomic E-state index is -1.39. The smallest absolute Gasteiger partial charge is 0.394 e. The fraction of sp³-hybridized carbons (Fsp3) is 0.583. The summed E-state index contributed by atoms with van der Waals surface area (Å²) in [7, 11) is 2.97. The molecule has 0 unspecified atom stereocenters. The summed E-state index contributed by atoms with van der Waals surface area (Å²) >= 11 is 0. The highest BCUT2D eigenvalue weighted by Crippen LogP contribution is 2.28. The highest BCUT2D eigenvalue weighted by atomic mass is 16.7. The van der Waals surface area contributed by atoms with Gasteiger partial charge >= 0.3 is 11.8 Å². The third-order valence-electron chi connectivity index (χ3n) is 3.23. The first kappa shape index (κ1) is 17.1. The third-order valence-corrected chi connectivity index (χ3v) is 3.23. The van der Waals surface area contributed by atoms with Crippen molar-refractivity contribution in [1.82, 2.24) is 14.5 Å². The molecular formula is C12H18N4O7. The van der Waals surface area contributed by atoms with E-state index in [1.54, 1.807) is 0 Å². The standard InChI is InChI=1S/C12H18N4O7/c1-15(2)12(21)23-14-7-3-4-16(11(20)13-7)10-9(19)8(18)6(5-17)22-10/h3-4,6,8-10,17-19H,5H2,1-2H3,(H,13,14,20)/t6-,8+,9+,10-/m1/s1. The first-order valence-electron chi connectivity index (χ1n) is 6.71. The summed E-state index contributed by atoms with van der Waals surface area (Å²) in [5.74, 6) is -0.0202. The molecule has 11 heteroatoms. The Morgan fingerprint density at radius 1 is 1.48 bits per heavy atom. The lowest BCUT2D eigenvalue weighted by molar-refractivity contribution is -0.0549. The second-order valence-corrected chi connectivity index (χ2v) is 5.10. The van der Waals surface area contributed by atoms with Gasteiger partial charge in [-0.2, -0.15) is 10.5 Å². The predicted molar refractivity (Wildman–Crippen MR) is 75.3 cm³/mol. The third kappa shape index (κ3) is 3.59. The van der Waals surface area contributed by atoms with Gasteiger partial charge in [-0.15, -0.1) is 0 Å². The van der Waals surface area contributed by atoms with Gasteiger partial charge in [-0.1, -0.05) is 0 Å². The van der Waals surface area contributed by atoms with Gasteiger partial charge in [0, 0.05) is 26.4 Å². The minimum Gasteiger partial charge on any atom is -0.394 e. The number of nitrogens with zero attached hydrogens (tertiary/aromatic N) is 3. The molecule has 1 fully saturated rings. The van der Waals surface area contributed by atoms with E-state index in [1.165, 1.54) is 31.3 Å². The number of carbonyl (C=O) groups excluding carboxylic acids is 1. The Kier molecular flexibility index (Phi) is 5.15. The van der Waals surface area contributed by atoms with Crippen LogP contribution in [0.4, 0.5) is 10.6 Å². The van der Waals surface area contributed by atoms with Crippen molar-refractivity contribution in [3.05, 3.63) is 22.7 Å². The van der Waals surface area contributed by atoms with E-state index in [0.717, 1.165) is 4.57 Å². The van der Waals surface area contributed by atoms with Crippen LogP contribution in [0.25, 0.3) is 0 Å². The number of aliphatic hydroxyl groups is 3. The molecule has 4 N–H and O–H groups in total. The van der Waals surface area contributed by atoms with Crippen LogP contribution < -0.4 is 11.2 Å². The molecule has 1 aromatic rings. The molecule has 11 nitrogen and oxygen atoms in total. The normalized spacial score (nSPS) is 26.8. The number of ether oxygens (including phenoxy) is 1. The molecule has 2 rings (SSSR count). The second-order valence-electron chi connectivity index (χ2n) is 5.10. The van der Waals surface area contributed by atoms with E-state index in [4.69, 9.17) is 9.84 Å². The molecule has 4 atom stereocenters. The second kappa shape index (κ2) is 6.91. The van der Waals surface area contributed by atoms with Crippen molar-refractivity contribution in [2.75, 3.05) is 26.2 Å². The molecule has 0 bridgehead atoms. The Bertz CT molecular complexity index is 620. The number of aliphatic hydroxyl groups excluding tert-OH is 3. The number of anilines is 1. The van der Waals surface area contributed by atoms with Gasteiger partial charge in [0.25, 0.3) is 0 Å². The van der Waals surface area contributed by atoms with Crippen LogP contribution in [0.15, 0.2) is 17.1 Å². The molecule has 1 aromatic heterocycles. The maximum atomic E-state index is 12.0. The van der Waals surface area contributed by atoms with Crippen molar-refractivity contribution >= 4 is 11.9 Å². The molecule has 0 saturated carbocycles. The molecule has 1 amide bonds. The Balaban J connectivity index is 2.11. The summed E-state index contributed by atoms with van der Waals surface area (Å²) in [6, 6.07) is 1.32. The van der Waals surface area contributed by atoms with E-state index in [9.17, 15) is 19.8 Å². The minimum absolute atomic E-state index is 0.0202.